The van der Waals surface area contributed by atoms with Crippen LogP contribution in [-0.4, -0.2) is 33.0 Å². The maximum Gasteiger partial charge on any atom is 0.278 e. The third-order valence-electron chi connectivity index (χ3n) is 4.41. The molecule has 11 heteroatoms. The molecule has 0 atom stereocenters. The molecule has 0 unspecified atom stereocenters. The lowest BCUT2D eigenvalue weighted by atomic mass is 10.2. The minimum atomic E-state index is -3.81. The Morgan fingerprint density at radius 1 is 1.14 bits per heavy atom. The molecule has 0 spiro atoms. The molecule has 0 aliphatic heterocycles. The Morgan fingerprint density at radius 2 is 1.93 bits per heavy atom. The highest BCUT2D eigenvalue weighted by Gasteiger charge is 2.16. The van der Waals surface area contributed by atoms with Crippen LogP contribution in [0.15, 0.2) is 57.3 Å². The maximum atomic E-state index is 12.6. The molecular formula is C18H18N6O3S2. The second kappa shape index (κ2) is 7.58. The van der Waals surface area contributed by atoms with E-state index in [1.54, 1.807) is 30.3 Å². The average molecular weight is 431 g/mol. The molecule has 0 saturated carbocycles. The molecule has 0 saturated heterocycles. The Hall–Kier alpha value is -2.76. The van der Waals surface area contributed by atoms with Crippen molar-refractivity contribution in [3.8, 4) is 0 Å². The van der Waals surface area contributed by atoms with Crippen LogP contribution >= 0.6 is 11.8 Å². The van der Waals surface area contributed by atoms with Crippen LogP contribution in [0.1, 0.15) is 13.3 Å². The number of sulfonamides is 1. The summed E-state index contributed by atoms with van der Waals surface area (Å²) < 4.78 is 26.6. The number of hydrogen-bond acceptors (Lipinski definition) is 7. The summed E-state index contributed by atoms with van der Waals surface area (Å²) >= 11 is 1.33. The van der Waals surface area contributed by atoms with E-state index in [1.807, 2.05) is 11.5 Å². The molecule has 9 nitrogen and oxygen atoms in total. The Bertz CT molecular complexity index is 1380. The number of benzene rings is 2. The fourth-order valence-electron chi connectivity index (χ4n) is 3.04. The fraction of sp³-hybridized carbons (Fsp3) is 0.222. The van der Waals surface area contributed by atoms with Crippen LogP contribution in [0.25, 0.3) is 21.9 Å². The first-order valence-electron chi connectivity index (χ1n) is 8.87. The van der Waals surface area contributed by atoms with E-state index in [1.165, 1.54) is 28.6 Å². The van der Waals surface area contributed by atoms with Gasteiger partial charge in [-0.05, 0) is 36.8 Å². The molecule has 0 radical (unpaired) electrons. The van der Waals surface area contributed by atoms with E-state index in [2.05, 4.69) is 15.3 Å². The number of thioether (sulfide) groups is 1. The first-order valence-corrected chi connectivity index (χ1v) is 11.4. The summed E-state index contributed by atoms with van der Waals surface area (Å²) in [6.07, 6.45) is 0.867. The number of rotatable bonds is 6. The summed E-state index contributed by atoms with van der Waals surface area (Å²) in [6, 6.07) is 11.7. The van der Waals surface area contributed by atoms with Crippen LogP contribution in [0, 0.1) is 0 Å². The van der Waals surface area contributed by atoms with Crippen molar-refractivity contribution in [1.82, 2.24) is 24.5 Å². The van der Waals surface area contributed by atoms with Crippen molar-refractivity contribution in [1.29, 1.82) is 0 Å². The normalized spacial score (nSPS) is 12.1. The highest BCUT2D eigenvalue weighted by Crippen LogP contribution is 2.27. The van der Waals surface area contributed by atoms with Gasteiger partial charge >= 0.3 is 0 Å². The van der Waals surface area contributed by atoms with Crippen molar-refractivity contribution < 1.29 is 8.42 Å². The molecular weight excluding hydrogens is 412 g/mol. The van der Waals surface area contributed by atoms with Gasteiger partial charge in [-0.15, -0.1) is 5.10 Å². The topological polar surface area (TPSA) is 126 Å². The molecule has 2 aromatic heterocycles. The quantitative estimate of drug-likeness (QED) is 0.463. The van der Waals surface area contributed by atoms with Gasteiger partial charge in [0.25, 0.3) is 5.56 Å². The van der Waals surface area contributed by atoms with E-state index in [0.717, 1.165) is 11.9 Å². The number of imidazole rings is 1. The monoisotopic (exact) mass is 430 g/mol. The van der Waals surface area contributed by atoms with Crippen LogP contribution in [0.3, 0.4) is 0 Å². The number of hydrogen-bond donors (Lipinski definition) is 1. The largest absolute Gasteiger partial charge is 0.319 e. The summed E-state index contributed by atoms with van der Waals surface area (Å²) in [4.78, 5) is 17.2. The molecule has 29 heavy (non-hydrogen) atoms. The molecule has 4 rings (SSSR count). The minimum absolute atomic E-state index is 0.0133. The van der Waals surface area contributed by atoms with Crippen LogP contribution in [-0.2, 0) is 22.4 Å². The Morgan fingerprint density at radius 3 is 2.69 bits per heavy atom. The van der Waals surface area contributed by atoms with Crippen molar-refractivity contribution in [2.75, 3.05) is 0 Å². The highest BCUT2D eigenvalue weighted by atomic mass is 32.2. The van der Waals surface area contributed by atoms with Gasteiger partial charge in [-0.3, -0.25) is 4.79 Å². The zero-order chi connectivity index (χ0) is 20.6. The van der Waals surface area contributed by atoms with E-state index in [9.17, 15) is 13.2 Å². The van der Waals surface area contributed by atoms with E-state index in [-0.39, 0.29) is 16.3 Å². The summed E-state index contributed by atoms with van der Waals surface area (Å²) in [5, 5.41) is 14.5. The number of primary sulfonamides is 1. The third kappa shape index (κ3) is 3.76. The smallest absolute Gasteiger partial charge is 0.278 e. The molecule has 2 N–H and O–H groups in total. The fourth-order valence-corrected chi connectivity index (χ4v) is 4.49. The van der Waals surface area contributed by atoms with Crippen molar-refractivity contribution in [2.45, 2.75) is 35.8 Å². The van der Waals surface area contributed by atoms with Crippen LogP contribution in [0.5, 0.6) is 0 Å². The predicted octanol–water partition coefficient (Wildman–Crippen LogP) is 1.95. The summed E-state index contributed by atoms with van der Waals surface area (Å²) in [7, 11) is -3.81. The Kier molecular flexibility index (Phi) is 5.11. The highest BCUT2D eigenvalue weighted by molar-refractivity contribution is 7.98. The Balaban J connectivity index is 1.71. The first-order chi connectivity index (χ1) is 13.9. The zero-order valence-electron chi connectivity index (χ0n) is 15.5. The van der Waals surface area contributed by atoms with Gasteiger partial charge in [-0.25, -0.2) is 18.5 Å². The molecule has 2 aromatic carbocycles. The lowest BCUT2D eigenvalue weighted by molar-refractivity contribution is 0.598. The molecule has 0 aliphatic rings. The molecule has 150 valence electrons. The van der Waals surface area contributed by atoms with Gasteiger partial charge in [-0.2, -0.15) is 4.68 Å². The van der Waals surface area contributed by atoms with Crippen molar-refractivity contribution in [3.63, 3.8) is 0 Å². The molecule has 2 heterocycles. The van der Waals surface area contributed by atoms with Gasteiger partial charge < -0.3 is 4.57 Å². The molecule has 0 bridgehead atoms. The van der Waals surface area contributed by atoms with E-state index < -0.39 is 10.0 Å². The average Bonchev–Trinajstić information content (AvgIpc) is 3.04. The number of aromatic nitrogens is 5. The first kappa shape index (κ1) is 19.6. The standard InChI is InChI=1S/C18H18N6O3S2/c1-2-9-23-16-8-7-12(29(19,26)27)10-15(16)20-18(23)28-11-24-17(25)13-5-3-4-6-14(13)21-22-24/h3-8,10H,2,9,11H2,1H3,(H2,19,26,27). The summed E-state index contributed by atoms with van der Waals surface area (Å²) in [6.45, 7) is 2.74. The lowest BCUT2D eigenvalue weighted by Gasteiger charge is -2.08. The number of fused-ring (bicyclic) bond motifs is 2. The van der Waals surface area contributed by atoms with Gasteiger partial charge in [-0.1, -0.05) is 36.0 Å². The van der Waals surface area contributed by atoms with E-state index in [4.69, 9.17) is 5.14 Å². The van der Waals surface area contributed by atoms with E-state index >= 15 is 0 Å². The lowest BCUT2D eigenvalue weighted by Crippen LogP contribution is -2.23. The second-order valence-electron chi connectivity index (χ2n) is 6.43. The molecule has 0 aliphatic carbocycles. The van der Waals surface area contributed by atoms with Gasteiger partial charge in [0.05, 0.1) is 27.2 Å². The van der Waals surface area contributed by atoms with Crippen LogP contribution in [0.2, 0.25) is 0 Å². The molecule has 0 amide bonds. The van der Waals surface area contributed by atoms with Crippen LogP contribution < -0.4 is 10.7 Å². The molecule has 4 aromatic rings. The van der Waals surface area contributed by atoms with E-state index in [0.29, 0.717) is 28.1 Å². The van der Waals surface area contributed by atoms with Gasteiger partial charge in [0, 0.05) is 6.54 Å². The van der Waals surface area contributed by atoms with Gasteiger partial charge in [0.15, 0.2) is 5.16 Å². The second-order valence-corrected chi connectivity index (χ2v) is 8.90. The number of nitrogens with zero attached hydrogens (tertiary/aromatic N) is 5. The third-order valence-corrected chi connectivity index (χ3v) is 6.26. The summed E-state index contributed by atoms with van der Waals surface area (Å²) in [5.41, 5.74) is 1.66. The van der Waals surface area contributed by atoms with Crippen molar-refractivity contribution >= 4 is 43.7 Å². The van der Waals surface area contributed by atoms with Crippen molar-refractivity contribution in [2.24, 2.45) is 5.14 Å². The number of nitrogens with two attached hydrogens (primary N) is 1. The van der Waals surface area contributed by atoms with Crippen molar-refractivity contribution in [3.05, 3.63) is 52.8 Å². The number of aryl methyl sites for hydroxylation is 1. The SMILES string of the molecule is CCCn1c(SCn2nnc3ccccc3c2=O)nc2cc(S(N)(=O)=O)ccc21. The minimum Gasteiger partial charge on any atom is -0.319 e. The summed E-state index contributed by atoms with van der Waals surface area (Å²) in [5.74, 6) is 0.228. The predicted molar refractivity (Wildman–Crippen MR) is 111 cm³/mol. The van der Waals surface area contributed by atoms with Gasteiger partial charge in [0.2, 0.25) is 10.0 Å². The zero-order valence-corrected chi connectivity index (χ0v) is 17.2. The van der Waals surface area contributed by atoms with Gasteiger partial charge in [0.1, 0.15) is 5.52 Å². The molecule has 0 fully saturated rings. The van der Waals surface area contributed by atoms with Crippen LogP contribution in [0.4, 0.5) is 0 Å². The Labute approximate surface area is 170 Å². The maximum absolute atomic E-state index is 12.6.